The second-order valence-electron chi connectivity index (χ2n) is 7.16. The number of anilines is 1. The fraction of sp³-hybridized carbons (Fsp3) is 0.136. The monoisotopic (exact) mass is 491 g/mol. The van der Waals surface area contributed by atoms with Crippen LogP contribution in [-0.4, -0.2) is 56.5 Å². The van der Waals surface area contributed by atoms with Gasteiger partial charge in [0.25, 0.3) is 11.8 Å². The van der Waals surface area contributed by atoms with Gasteiger partial charge in [0.1, 0.15) is 17.2 Å². The van der Waals surface area contributed by atoms with Gasteiger partial charge in [-0.15, -0.1) is 5.10 Å². The third-order valence-corrected chi connectivity index (χ3v) is 4.64. The lowest BCUT2D eigenvalue weighted by atomic mass is 10.1. The highest BCUT2D eigenvalue weighted by atomic mass is 16.6. The summed E-state index contributed by atoms with van der Waals surface area (Å²) in [6.45, 7) is 2.09. The van der Waals surface area contributed by atoms with Crippen LogP contribution in [0.5, 0.6) is 11.5 Å². The van der Waals surface area contributed by atoms with E-state index in [0.717, 1.165) is 0 Å². The summed E-state index contributed by atoms with van der Waals surface area (Å²) in [6.07, 6.45) is 1.43. The van der Waals surface area contributed by atoms with Crippen LogP contribution >= 0.6 is 0 Å². The molecule has 0 saturated carbocycles. The molecule has 0 unspecified atom stereocenters. The maximum Gasteiger partial charge on any atom is 0.294 e. The van der Waals surface area contributed by atoms with E-state index in [-0.39, 0.29) is 29.6 Å². The highest BCUT2D eigenvalue weighted by Gasteiger charge is 2.25. The van der Waals surface area contributed by atoms with E-state index in [0.29, 0.717) is 29.2 Å². The zero-order valence-electron chi connectivity index (χ0n) is 19.0. The molecule has 0 radical (unpaired) electrons. The van der Waals surface area contributed by atoms with Crippen LogP contribution in [0.1, 0.15) is 23.0 Å². The number of carbonyl (C=O) groups excluding carboxylic acids is 2. The van der Waals surface area contributed by atoms with Crippen molar-refractivity contribution in [2.24, 2.45) is 10.8 Å². The molecule has 4 rings (SSSR count). The van der Waals surface area contributed by atoms with E-state index in [9.17, 15) is 9.59 Å². The Morgan fingerprint density at radius 2 is 1.94 bits per heavy atom. The number of nitrogen functional groups attached to an aromatic ring is 1. The second-order valence-corrected chi connectivity index (χ2v) is 7.16. The Morgan fingerprint density at radius 1 is 1.14 bits per heavy atom. The lowest BCUT2D eigenvalue weighted by Gasteiger charge is -2.08. The Bertz CT molecular complexity index is 1400. The van der Waals surface area contributed by atoms with Gasteiger partial charge in [-0.05, 0) is 59.2 Å². The van der Waals surface area contributed by atoms with Crippen LogP contribution < -0.4 is 26.4 Å². The van der Waals surface area contributed by atoms with E-state index < -0.39 is 11.8 Å². The van der Waals surface area contributed by atoms with Crippen molar-refractivity contribution in [2.45, 2.75) is 6.92 Å². The molecule has 2 aromatic carbocycles. The molecular weight excluding hydrogens is 470 g/mol. The minimum Gasteiger partial charge on any atom is -0.494 e. The molecule has 0 aliphatic heterocycles. The molecular formula is C22H21N9O5. The predicted molar refractivity (Wildman–Crippen MR) is 126 cm³/mol. The highest BCUT2D eigenvalue weighted by Crippen LogP contribution is 2.29. The molecule has 0 spiro atoms. The average molecular weight is 491 g/mol. The van der Waals surface area contributed by atoms with Gasteiger partial charge in [-0.1, -0.05) is 17.3 Å². The summed E-state index contributed by atoms with van der Waals surface area (Å²) >= 11 is 0. The van der Waals surface area contributed by atoms with Crippen LogP contribution in [0, 0.1) is 0 Å². The highest BCUT2D eigenvalue weighted by molar-refractivity contribution is 5.99. The quantitative estimate of drug-likeness (QED) is 0.212. The van der Waals surface area contributed by atoms with Crippen molar-refractivity contribution in [3.63, 3.8) is 0 Å². The lowest BCUT2D eigenvalue weighted by molar-refractivity contribution is -0.119. The number of nitrogens with two attached hydrogens (primary N) is 2. The van der Waals surface area contributed by atoms with Crippen molar-refractivity contribution in [3.05, 3.63) is 59.8 Å². The molecule has 0 aliphatic carbocycles. The number of aromatic nitrogens is 5. The number of rotatable bonds is 10. The number of ether oxygens (including phenoxy) is 2. The Hall–Kier alpha value is -5.27. The molecule has 184 valence electrons. The number of carbonyl (C=O) groups is 2. The van der Waals surface area contributed by atoms with Gasteiger partial charge in [-0.3, -0.25) is 9.59 Å². The van der Waals surface area contributed by atoms with Crippen molar-refractivity contribution < 1.29 is 23.7 Å². The number of nitrogens with zero attached hydrogens (tertiary/aromatic N) is 6. The molecule has 2 amide bonds. The van der Waals surface area contributed by atoms with Crippen molar-refractivity contribution in [1.82, 2.24) is 30.7 Å². The second kappa shape index (κ2) is 10.8. The number of amides is 2. The summed E-state index contributed by atoms with van der Waals surface area (Å²) in [5, 5.41) is 19.3. The standard InChI is InChI=1S/C22H21N9O5/c1-2-34-16-5-3-4-14(10-16)19-18(26-30-31(19)21-20(24)28-36-29-21)22(33)27-25-11-13-6-8-15(9-7-13)35-12-17(23)32/h3-11H,2,12H2,1H3,(H2,23,32)(H2,24,28)(H,27,33)/b25-11-. The fourth-order valence-corrected chi connectivity index (χ4v) is 3.10. The van der Waals surface area contributed by atoms with Gasteiger partial charge in [-0.25, -0.2) is 10.1 Å². The number of hydrogen-bond acceptors (Lipinski definition) is 11. The van der Waals surface area contributed by atoms with Gasteiger partial charge < -0.3 is 20.9 Å². The molecule has 14 heteroatoms. The van der Waals surface area contributed by atoms with Crippen molar-refractivity contribution in [2.75, 3.05) is 18.9 Å². The van der Waals surface area contributed by atoms with E-state index in [2.05, 4.69) is 35.8 Å². The molecule has 14 nitrogen and oxygen atoms in total. The smallest absolute Gasteiger partial charge is 0.294 e. The largest absolute Gasteiger partial charge is 0.494 e. The normalized spacial score (nSPS) is 10.9. The van der Waals surface area contributed by atoms with Gasteiger partial charge in [-0.2, -0.15) is 9.78 Å². The first-order valence-electron chi connectivity index (χ1n) is 10.6. The zero-order valence-corrected chi connectivity index (χ0v) is 19.0. The van der Waals surface area contributed by atoms with E-state index >= 15 is 0 Å². The number of hydrogen-bond donors (Lipinski definition) is 3. The average Bonchev–Trinajstić information content (AvgIpc) is 3.50. The van der Waals surface area contributed by atoms with Crippen molar-refractivity contribution in [1.29, 1.82) is 0 Å². The Morgan fingerprint density at radius 3 is 2.64 bits per heavy atom. The fourth-order valence-electron chi connectivity index (χ4n) is 3.10. The first-order chi connectivity index (χ1) is 17.5. The number of primary amides is 1. The molecule has 0 aliphatic rings. The van der Waals surface area contributed by atoms with Gasteiger partial charge in [0.15, 0.2) is 12.3 Å². The lowest BCUT2D eigenvalue weighted by Crippen LogP contribution is -2.20. The number of benzene rings is 2. The maximum atomic E-state index is 13.0. The Kier molecular flexibility index (Phi) is 7.14. The third-order valence-electron chi connectivity index (χ3n) is 4.64. The van der Waals surface area contributed by atoms with Crippen LogP contribution in [0.4, 0.5) is 5.82 Å². The Labute approximate surface area is 203 Å². The molecule has 4 aromatic rings. The summed E-state index contributed by atoms with van der Waals surface area (Å²) in [5.74, 6) is -0.123. The predicted octanol–water partition coefficient (Wildman–Crippen LogP) is 0.926. The Balaban J connectivity index is 1.58. The van der Waals surface area contributed by atoms with E-state index in [1.165, 1.54) is 10.9 Å². The van der Waals surface area contributed by atoms with Gasteiger partial charge in [0.05, 0.1) is 12.8 Å². The first kappa shape index (κ1) is 23.9. The molecule has 2 heterocycles. The summed E-state index contributed by atoms with van der Waals surface area (Å²) in [5.41, 5.74) is 14.8. The molecule has 0 bridgehead atoms. The van der Waals surface area contributed by atoms with Crippen LogP contribution in [-0.2, 0) is 4.79 Å². The van der Waals surface area contributed by atoms with Crippen LogP contribution in [0.2, 0.25) is 0 Å². The minimum atomic E-state index is -0.634. The molecule has 2 aromatic heterocycles. The van der Waals surface area contributed by atoms with E-state index in [1.807, 2.05) is 6.92 Å². The topological polar surface area (TPSA) is 199 Å². The molecule has 0 saturated heterocycles. The molecule has 5 N–H and O–H groups in total. The summed E-state index contributed by atoms with van der Waals surface area (Å²) in [4.78, 5) is 23.8. The number of nitrogens with one attached hydrogen (secondary N) is 1. The molecule has 0 atom stereocenters. The van der Waals surface area contributed by atoms with Gasteiger partial charge in [0.2, 0.25) is 11.6 Å². The number of hydrazone groups is 1. The first-order valence-corrected chi connectivity index (χ1v) is 10.6. The van der Waals surface area contributed by atoms with Gasteiger partial charge in [0, 0.05) is 5.56 Å². The summed E-state index contributed by atoms with van der Waals surface area (Å²) in [6, 6.07) is 13.7. The third kappa shape index (κ3) is 5.44. The van der Waals surface area contributed by atoms with Crippen LogP contribution in [0.3, 0.4) is 0 Å². The zero-order chi connectivity index (χ0) is 25.5. The molecule has 0 fully saturated rings. The van der Waals surface area contributed by atoms with Crippen LogP contribution in [0.15, 0.2) is 58.3 Å². The van der Waals surface area contributed by atoms with Crippen LogP contribution in [0.25, 0.3) is 17.1 Å². The SMILES string of the molecule is CCOc1cccc(-c2c(C(=O)N/N=C\c3ccc(OCC(N)=O)cc3)nnn2-c2nonc2N)c1. The van der Waals surface area contributed by atoms with E-state index in [1.54, 1.807) is 48.5 Å². The molecule has 36 heavy (non-hydrogen) atoms. The maximum absolute atomic E-state index is 13.0. The van der Waals surface area contributed by atoms with Gasteiger partial charge >= 0.3 is 0 Å². The summed E-state index contributed by atoms with van der Waals surface area (Å²) in [7, 11) is 0. The van der Waals surface area contributed by atoms with E-state index in [4.69, 9.17) is 20.9 Å². The van der Waals surface area contributed by atoms with Crippen molar-refractivity contribution >= 4 is 23.8 Å². The summed E-state index contributed by atoms with van der Waals surface area (Å²) < 4.78 is 16.7. The van der Waals surface area contributed by atoms with Crippen molar-refractivity contribution in [3.8, 4) is 28.6 Å². The minimum absolute atomic E-state index is 0.0321.